The maximum absolute atomic E-state index is 12.8. The number of hydrogen-bond acceptors (Lipinski definition) is 5. The molecule has 144 valence electrons. The minimum absolute atomic E-state index is 0.126. The Morgan fingerprint density at radius 3 is 2.52 bits per heavy atom. The van der Waals surface area contributed by atoms with Gasteiger partial charge in [0.15, 0.2) is 0 Å². The number of carbonyl (C=O) groups excluding carboxylic acids is 1. The number of aromatic nitrogens is 4. The van der Waals surface area contributed by atoms with Crippen LogP contribution in [-0.4, -0.2) is 25.7 Å². The number of pyridine rings is 2. The van der Waals surface area contributed by atoms with E-state index in [4.69, 9.17) is 0 Å². The summed E-state index contributed by atoms with van der Waals surface area (Å²) >= 11 is 0. The molecule has 0 radical (unpaired) electrons. The van der Waals surface area contributed by atoms with E-state index in [1.54, 1.807) is 30.5 Å². The highest BCUT2D eigenvalue weighted by molar-refractivity contribution is 5.94. The van der Waals surface area contributed by atoms with Crippen molar-refractivity contribution in [3.05, 3.63) is 105 Å². The number of fused-ring (bicyclic) bond motifs is 1. The number of aromatic amines is 1. The van der Waals surface area contributed by atoms with Crippen LogP contribution in [0.25, 0.3) is 10.8 Å². The first-order chi connectivity index (χ1) is 14.1. The summed E-state index contributed by atoms with van der Waals surface area (Å²) in [7, 11) is 0. The van der Waals surface area contributed by atoms with E-state index in [0.29, 0.717) is 27.7 Å². The molecule has 0 saturated heterocycles. The van der Waals surface area contributed by atoms with E-state index in [2.05, 4.69) is 20.4 Å². The lowest BCUT2D eigenvalue weighted by atomic mass is 10.1. The Kier molecular flexibility index (Phi) is 4.98. The molecular formula is C21H17N5O3. The lowest BCUT2D eigenvalue weighted by Crippen LogP contribution is -2.29. The highest BCUT2D eigenvalue weighted by Gasteiger charge is 2.13. The van der Waals surface area contributed by atoms with Gasteiger partial charge in [0.1, 0.15) is 0 Å². The molecule has 0 aliphatic carbocycles. The smallest absolute Gasteiger partial charge is 0.275 e. The van der Waals surface area contributed by atoms with E-state index in [0.717, 1.165) is 0 Å². The molecule has 29 heavy (non-hydrogen) atoms. The fraction of sp³-hybridized carbons (Fsp3) is 0.0952. The fourth-order valence-electron chi connectivity index (χ4n) is 3.01. The molecule has 0 aliphatic heterocycles. The number of amides is 1. The van der Waals surface area contributed by atoms with Crippen molar-refractivity contribution in [2.75, 3.05) is 0 Å². The first-order valence-corrected chi connectivity index (χ1v) is 8.97. The average Bonchev–Trinajstić information content (AvgIpc) is 2.76. The predicted molar refractivity (Wildman–Crippen MR) is 108 cm³/mol. The van der Waals surface area contributed by atoms with Gasteiger partial charge in [-0.15, -0.1) is 0 Å². The number of nitrogens with one attached hydrogen (secondary N) is 2. The molecule has 0 unspecified atom stereocenters. The quantitative estimate of drug-likeness (QED) is 0.539. The fourth-order valence-corrected chi connectivity index (χ4v) is 3.01. The van der Waals surface area contributed by atoms with E-state index < -0.39 is 0 Å². The molecule has 8 nitrogen and oxygen atoms in total. The molecule has 0 atom stereocenters. The SMILES string of the molecule is O=C(NCc1nn(Cc2ccccn2)c(=O)c2ccccc12)c1ccc(=O)[nH]c1. The minimum atomic E-state index is -0.352. The van der Waals surface area contributed by atoms with Crippen LogP contribution in [0.3, 0.4) is 0 Å². The summed E-state index contributed by atoms with van der Waals surface area (Å²) in [4.78, 5) is 43.1. The normalized spacial score (nSPS) is 10.8. The topological polar surface area (TPSA) is 110 Å². The van der Waals surface area contributed by atoms with E-state index >= 15 is 0 Å². The van der Waals surface area contributed by atoms with Crippen molar-refractivity contribution in [2.24, 2.45) is 0 Å². The van der Waals surface area contributed by atoms with E-state index in [-0.39, 0.29) is 30.1 Å². The number of nitrogens with zero attached hydrogens (tertiary/aromatic N) is 3. The molecule has 0 bridgehead atoms. The van der Waals surface area contributed by atoms with Gasteiger partial charge in [0.05, 0.1) is 35.4 Å². The van der Waals surface area contributed by atoms with Crippen molar-refractivity contribution in [1.29, 1.82) is 0 Å². The lowest BCUT2D eigenvalue weighted by Gasteiger charge is -2.12. The Morgan fingerprint density at radius 1 is 1.00 bits per heavy atom. The summed E-state index contributed by atoms with van der Waals surface area (Å²) in [6, 6.07) is 15.4. The largest absolute Gasteiger partial charge is 0.346 e. The van der Waals surface area contributed by atoms with Crippen LogP contribution < -0.4 is 16.4 Å². The van der Waals surface area contributed by atoms with Gasteiger partial charge < -0.3 is 10.3 Å². The molecule has 2 N–H and O–H groups in total. The van der Waals surface area contributed by atoms with Crippen LogP contribution in [0, 0.1) is 0 Å². The molecule has 8 heteroatoms. The highest BCUT2D eigenvalue weighted by Crippen LogP contribution is 2.13. The van der Waals surface area contributed by atoms with Gasteiger partial charge in [-0.25, -0.2) is 4.68 Å². The Balaban J connectivity index is 1.66. The van der Waals surface area contributed by atoms with Crippen molar-refractivity contribution >= 4 is 16.7 Å². The van der Waals surface area contributed by atoms with Crippen molar-refractivity contribution in [3.63, 3.8) is 0 Å². The minimum Gasteiger partial charge on any atom is -0.346 e. The second kappa shape index (κ2) is 7.89. The number of rotatable bonds is 5. The molecule has 0 saturated carbocycles. The Hall–Kier alpha value is -4.07. The summed E-state index contributed by atoms with van der Waals surface area (Å²) in [5.41, 5.74) is 1.10. The van der Waals surface area contributed by atoms with Crippen LogP contribution in [0.5, 0.6) is 0 Å². The summed E-state index contributed by atoms with van der Waals surface area (Å²) in [5, 5.41) is 8.45. The molecule has 0 fully saturated rings. The second-order valence-electron chi connectivity index (χ2n) is 6.40. The Morgan fingerprint density at radius 2 is 1.79 bits per heavy atom. The van der Waals surface area contributed by atoms with Crippen LogP contribution in [0.4, 0.5) is 0 Å². The molecule has 1 amide bonds. The van der Waals surface area contributed by atoms with Gasteiger partial charge >= 0.3 is 0 Å². The Bertz CT molecular complexity index is 1270. The molecule has 4 rings (SSSR count). The number of benzene rings is 1. The summed E-state index contributed by atoms with van der Waals surface area (Å²) in [6.07, 6.45) is 3.01. The van der Waals surface area contributed by atoms with E-state index in [1.807, 2.05) is 18.2 Å². The summed E-state index contributed by atoms with van der Waals surface area (Å²) < 4.78 is 1.35. The first-order valence-electron chi connectivity index (χ1n) is 8.97. The van der Waals surface area contributed by atoms with E-state index in [9.17, 15) is 14.4 Å². The Labute approximate surface area is 164 Å². The van der Waals surface area contributed by atoms with Crippen molar-refractivity contribution in [1.82, 2.24) is 25.1 Å². The molecule has 3 aromatic heterocycles. The van der Waals surface area contributed by atoms with Gasteiger partial charge in [0.25, 0.3) is 11.5 Å². The first kappa shape index (κ1) is 18.3. The zero-order chi connectivity index (χ0) is 20.2. The van der Waals surface area contributed by atoms with Gasteiger partial charge in [-0.3, -0.25) is 19.4 Å². The third-order valence-electron chi connectivity index (χ3n) is 4.44. The number of hydrogen-bond donors (Lipinski definition) is 2. The van der Waals surface area contributed by atoms with Crippen LogP contribution in [0.15, 0.2) is 76.6 Å². The number of carbonyl (C=O) groups is 1. The van der Waals surface area contributed by atoms with E-state index in [1.165, 1.54) is 23.0 Å². The summed E-state index contributed by atoms with van der Waals surface area (Å²) in [5.74, 6) is -0.352. The van der Waals surface area contributed by atoms with Gasteiger partial charge in [-0.05, 0) is 24.3 Å². The summed E-state index contributed by atoms with van der Waals surface area (Å²) in [6.45, 7) is 0.354. The molecule has 1 aromatic carbocycles. The van der Waals surface area contributed by atoms with Crippen LogP contribution >= 0.6 is 0 Å². The second-order valence-corrected chi connectivity index (χ2v) is 6.40. The molecule has 3 heterocycles. The van der Waals surface area contributed by atoms with Crippen LogP contribution in [-0.2, 0) is 13.1 Å². The van der Waals surface area contributed by atoms with Gasteiger partial charge in [0, 0.05) is 23.8 Å². The molecule has 0 spiro atoms. The third-order valence-corrected chi connectivity index (χ3v) is 4.44. The van der Waals surface area contributed by atoms with Crippen molar-refractivity contribution in [3.8, 4) is 0 Å². The van der Waals surface area contributed by atoms with Crippen LogP contribution in [0.1, 0.15) is 21.7 Å². The van der Waals surface area contributed by atoms with Gasteiger partial charge in [-0.2, -0.15) is 5.10 Å². The van der Waals surface area contributed by atoms with Gasteiger partial charge in [-0.1, -0.05) is 24.3 Å². The van der Waals surface area contributed by atoms with Gasteiger partial charge in [0.2, 0.25) is 5.56 Å². The molecular weight excluding hydrogens is 370 g/mol. The maximum Gasteiger partial charge on any atom is 0.275 e. The lowest BCUT2D eigenvalue weighted by molar-refractivity contribution is 0.0950. The monoisotopic (exact) mass is 387 g/mol. The number of H-pyrrole nitrogens is 1. The zero-order valence-corrected chi connectivity index (χ0v) is 15.3. The highest BCUT2D eigenvalue weighted by atomic mass is 16.2. The van der Waals surface area contributed by atoms with Crippen molar-refractivity contribution < 1.29 is 4.79 Å². The molecule has 0 aliphatic rings. The molecule has 4 aromatic rings. The zero-order valence-electron chi connectivity index (χ0n) is 15.3. The average molecular weight is 387 g/mol. The standard InChI is InChI=1S/C21H17N5O3/c27-19-9-8-14(11-23-19)20(28)24-12-18-16-6-1-2-7-17(16)21(29)26(25-18)13-15-5-3-4-10-22-15/h1-11H,12-13H2,(H,23,27)(H,24,28). The van der Waals surface area contributed by atoms with Crippen LogP contribution in [0.2, 0.25) is 0 Å². The van der Waals surface area contributed by atoms with Crippen molar-refractivity contribution in [2.45, 2.75) is 13.1 Å². The third kappa shape index (κ3) is 3.96. The maximum atomic E-state index is 12.8. The predicted octanol–water partition coefficient (Wildman–Crippen LogP) is 1.46.